The molecular formula is C10H19NO. The number of fused-ring (bicyclic) bond motifs is 1. The summed E-state index contributed by atoms with van der Waals surface area (Å²) >= 11 is 0. The lowest BCUT2D eigenvalue weighted by atomic mass is 9.86. The van der Waals surface area contributed by atoms with Gasteiger partial charge in [0.2, 0.25) is 0 Å². The van der Waals surface area contributed by atoms with Crippen LogP contribution in [0.3, 0.4) is 0 Å². The summed E-state index contributed by atoms with van der Waals surface area (Å²) in [4.78, 5) is 2.21. The van der Waals surface area contributed by atoms with Crippen LogP contribution in [0.2, 0.25) is 0 Å². The molecule has 70 valence electrons. The van der Waals surface area contributed by atoms with Crippen LogP contribution >= 0.6 is 0 Å². The van der Waals surface area contributed by atoms with E-state index < -0.39 is 0 Å². The smallest absolute Gasteiger partial charge is 0.0723 e. The SMILES string of the molecule is CN(C)C[C@@]12CCCC[C@@]1(O)C2. The number of rotatable bonds is 2. The molecule has 0 radical (unpaired) electrons. The molecule has 2 nitrogen and oxygen atoms in total. The predicted molar refractivity (Wildman–Crippen MR) is 49.0 cm³/mol. The van der Waals surface area contributed by atoms with Gasteiger partial charge in [0, 0.05) is 12.0 Å². The average Bonchev–Trinajstić information content (AvgIpc) is 2.53. The largest absolute Gasteiger partial charge is 0.389 e. The van der Waals surface area contributed by atoms with E-state index in [9.17, 15) is 5.11 Å². The van der Waals surface area contributed by atoms with Gasteiger partial charge in [-0.3, -0.25) is 0 Å². The molecule has 2 saturated carbocycles. The van der Waals surface area contributed by atoms with Crippen molar-refractivity contribution < 1.29 is 5.11 Å². The number of nitrogens with zero attached hydrogens (tertiary/aromatic N) is 1. The van der Waals surface area contributed by atoms with E-state index in [2.05, 4.69) is 19.0 Å². The van der Waals surface area contributed by atoms with Gasteiger partial charge in [0.15, 0.2) is 0 Å². The Hall–Kier alpha value is -0.0800. The summed E-state index contributed by atoms with van der Waals surface area (Å²) in [5.74, 6) is 0. The van der Waals surface area contributed by atoms with Crippen LogP contribution < -0.4 is 0 Å². The Kier molecular flexibility index (Phi) is 1.74. The Morgan fingerprint density at radius 1 is 1.25 bits per heavy atom. The summed E-state index contributed by atoms with van der Waals surface area (Å²) in [7, 11) is 4.20. The minimum atomic E-state index is -0.268. The summed E-state index contributed by atoms with van der Waals surface area (Å²) in [6.07, 6.45) is 5.88. The molecular weight excluding hydrogens is 150 g/mol. The third-order valence-electron chi connectivity index (χ3n) is 3.61. The topological polar surface area (TPSA) is 23.5 Å². The Balaban J connectivity index is 2.03. The zero-order valence-electron chi connectivity index (χ0n) is 8.14. The maximum atomic E-state index is 10.1. The highest BCUT2D eigenvalue weighted by molar-refractivity contribution is 5.18. The highest BCUT2D eigenvalue weighted by Gasteiger charge is 2.66. The summed E-state index contributed by atoms with van der Waals surface area (Å²) in [5.41, 5.74) is 0.0181. The lowest BCUT2D eigenvalue weighted by Crippen LogP contribution is -2.33. The molecule has 0 bridgehead atoms. The quantitative estimate of drug-likeness (QED) is 0.672. The normalized spacial score (nSPS) is 46.0. The standard InChI is InChI=1S/C10H19NO/c1-11(2)8-9-5-3-4-6-10(9,12)7-9/h12H,3-8H2,1-2H3/t9-,10+/m0/s1. The van der Waals surface area contributed by atoms with E-state index in [0.717, 1.165) is 19.4 Å². The number of aliphatic hydroxyl groups is 1. The van der Waals surface area contributed by atoms with Crippen LogP contribution in [0.5, 0.6) is 0 Å². The fourth-order valence-electron chi connectivity index (χ4n) is 2.96. The van der Waals surface area contributed by atoms with Crippen molar-refractivity contribution in [3.8, 4) is 0 Å². The zero-order chi connectivity index (χ0) is 8.82. The van der Waals surface area contributed by atoms with Crippen LogP contribution in [0.1, 0.15) is 32.1 Å². The van der Waals surface area contributed by atoms with Gasteiger partial charge < -0.3 is 10.0 Å². The van der Waals surface area contributed by atoms with Crippen molar-refractivity contribution in [1.82, 2.24) is 4.90 Å². The molecule has 12 heavy (non-hydrogen) atoms. The Morgan fingerprint density at radius 3 is 2.50 bits per heavy atom. The third-order valence-corrected chi connectivity index (χ3v) is 3.61. The molecule has 2 atom stereocenters. The summed E-state index contributed by atoms with van der Waals surface area (Å²) in [6, 6.07) is 0. The molecule has 2 aliphatic carbocycles. The predicted octanol–water partition coefficient (Wildman–Crippen LogP) is 1.24. The average molecular weight is 169 g/mol. The van der Waals surface area contributed by atoms with Crippen molar-refractivity contribution in [2.24, 2.45) is 5.41 Å². The van der Waals surface area contributed by atoms with Gasteiger partial charge in [-0.05, 0) is 33.4 Å². The molecule has 0 saturated heterocycles. The number of hydrogen-bond acceptors (Lipinski definition) is 2. The van der Waals surface area contributed by atoms with Gasteiger partial charge in [0.05, 0.1) is 5.60 Å². The van der Waals surface area contributed by atoms with Gasteiger partial charge >= 0.3 is 0 Å². The molecule has 0 aromatic carbocycles. The van der Waals surface area contributed by atoms with Crippen LogP contribution in [0, 0.1) is 5.41 Å². The van der Waals surface area contributed by atoms with Crippen molar-refractivity contribution in [2.45, 2.75) is 37.7 Å². The summed E-state index contributed by atoms with van der Waals surface area (Å²) in [6.45, 7) is 1.07. The second-order valence-electron chi connectivity index (χ2n) is 4.93. The first-order valence-corrected chi connectivity index (χ1v) is 4.95. The minimum absolute atomic E-state index is 0.268. The highest BCUT2D eigenvalue weighted by Crippen LogP contribution is 2.64. The molecule has 0 heterocycles. The van der Waals surface area contributed by atoms with E-state index in [1.807, 2.05) is 0 Å². The van der Waals surface area contributed by atoms with Gasteiger partial charge in [0.25, 0.3) is 0 Å². The minimum Gasteiger partial charge on any atom is -0.389 e. The summed E-state index contributed by atoms with van der Waals surface area (Å²) in [5, 5.41) is 10.1. The number of hydrogen-bond donors (Lipinski definition) is 1. The van der Waals surface area contributed by atoms with Crippen LogP contribution in [0.15, 0.2) is 0 Å². The van der Waals surface area contributed by atoms with Crippen LogP contribution in [0.25, 0.3) is 0 Å². The van der Waals surface area contributed by atoms with E-state index >= 15 is 0 Å². The molecule has 2 fully saturated rings. The third kappa shape index (κ3) is 1.09. The molecule has 0 amide bonds. The van der Waals surface area contributed by atoms with E-state index in [1.54, 1.807) is 0 Å². The first kappa shape index (κ1) is 8.52. The Labute approximate surface area is 74.6 Å². The summed E-state index contributed by atoms with van der Waals surface area (Å²) < 4.78 is 0. The van der Waals surface area contributed by atoms with E-state index in [4.69, 9.17) is 0 Å². The zero-order valence-corrected chi connectivity index (χ0v) is 8.14. The van der Waals surface area contributed by atoms with E-state index in [1.165, 1.54) is 19.3 Å². The molecule has 2 rings (SSSR count). The van der Waals surface area contributed by atoms with Gasteiger partial charge in [-0.25, -0.2) is 0 Å². The molecule has 0 aromatic rings. The first-order valence-electron chi connectivity index (χ1n) is 4.95. The molecule has 2 heteroatoms. The maximum absolute atomic E-state index is 10.1. The monoisotopic (exact) mass is 169 g/mol. The van der Waals surface area contributed by atoms with Crippen molar-refractivity contribution in [3.63, 3.8) is 0 Å². The van der Waals surface area contributed by atoms with Gasteiger partial charge in [-0.1, -0.05) is 12.8 Å². The van der Waals surface area contributed by atoms with Crippen LogP contribution in [-0.4, -0.2) is 36.2 Å². The van der Waals surface area contributed by atoms with Crippen molar-refractivity contribution in [3.05, 3.63) is 0 Å². The van der Waals surface area contributed by atoms with Gasteiger partial charge in [0.1, 0.15) is 0 Å². The lowest BCUT2D eigenvalue weighted by molar-refractivity contribution is 0.0509. The molecule has 2 aliphatic rings. The molecule has 1 N–H and O–H groups in total. The second kappa shape index (κ2) is 2.46. The molecule has 0 unspecified atom stereocenters. The highest BCUT2D eigenvalue weighted by atomic mass is 16.3. The van der Waals surface area contributed by atoms with Crippen LogP contribution in [-0.2, 0) is 0 Å². The van der Waals surface area contributed by atoms with Crippen LogP contribution in [0.4, 0.5) is 0 Å². The molecule has 0 spiro atoms. The van der Waals surface area contributed by atoms with Crippen molar-refractivity contribution in [2.75, 3.05) is 20.6 Å². The van der Waals surface area contributed by atoms with E-state index in [0.29, 0.717) is 0 Å². The van der Waals surface area contributed by atoms with Gasteiger partial charge in [-0.15, -0.1) is 0 Å². The fourth-order valence-corrected chi connectivity index (χ4v) is 2.96. The molecule has 0 aromatic heterocycles. The maximum Gasteiger partial charge on any atom is 0.0723 e. The Bertz CT molecular complexity index is 188. The molecule has 0 aliphatic heterocycles. The fraction of sp³-hybridized carbons (Fsp3) is 1.00. The second-order valence-corrected chi connectivity index (χ2v) is 4.93. The Morgan fingerprint density at radius 2 is 1.92 bits per heavy atom. The lowest BCUT2D eigenvalue weighted by Gasteiger charge is -2.29. The van der Waals surface area contributed by atoms with Gasteiger partial charge in [-0.2, -0.15) is 0 Å². The first-order chi connectivity index (χ1) is 5.58. The van der Waals surface area contributed by atoms with Crippen molar-refractivity contribution in [1.29, 1.82) is 0 Å². The van der Waals surface area contributed by atoms with E-state index in [-0.39, 0.29) is 11.0 Å². The van der Waals surface area contributed by atoms with Crippen molar-refractivity contribution >= 4 is 0 Å².